The Balaban J connectivity index is 2.12. The number of amides is 1. The number of nitrogens with zero attached hydrogens (tertiary/aromatic N) is 1. The summed E-state index contributed by atoms with van der Waals surface area (Å²) in [6.07, 6.45) is -3.37. The normalized spacial score (nSPS) is 11.1. The maximum atomic E-state index is 13.5. The molecule has 0 spiro atoms. The minimum absolute atomic E-state index is 0.00781. The smallest absolute Gasteiger partial charge is 0.416 e. The number of hydrogen-bond acceptors (Lipinski definition) is 4. The number of carbonyl (C=O) groups is 1. The number of aromatic nitrogens is 1. The lowest BCUT2D eigenvalue weighted by molar-refractivity contribution is -0.138. The van der Waals surface area contributed by atoms with Gasteiger partial charge in [0.2, 0.25) is 5.88 Å². The Morgan fingerprint density at radius 2 is 1.96 bits per heavy atom. The van der Waals surface area contributed by atoms with E-state index in [0.29, 0.717) is 0 Å². The summed E-state index contributed by atoms with van der Waals surface area (Å²) >= 11 is 0. The van der Waals surface area contributed by atoms with Gasteiger partial charge in [-0.05, 0) is 24.6 Å². The molecular weight excluding hydrogens is 330 g/mol. The van der Waals surface area contributed by atoms with Crippen molar-refractivity contribution in [2.45, 2.75) is 13.1 Å². The second-order valence-corrected chi connectivity index (χ2v) is 4.82. The number of alkyl halides is 3. The first-order valence-corrected chi connectivity index (χ1v) is 6.66. The highest BCUT2D eigenvalue weighted by Gasteiger charge is 2.32. The number of rotatable bonds is 4. The molecule has 0 bridgehead atoms. The third kappa shape index (κ3) is 3.92. The van der Waals surface area contributed by atoms with E-state index in [1.54, 1.807) is 0 Å². The van der Waals surface area contributed by atoms with Gasteiger partial charge < -0.3 is 4.74 Å². The number of nitrogens with one attached hydrogen (secondary N) is 2. The number of halogens is 4. The number of benzene rings is 1. The van der Waals surface area contributed by atoms with Crippen LogP contribution in [0.5, 0.6) is 5.88 Å². The monoisotopic (exact) mass is 343 g/mol. The predicted octanol–water partition coefficient (Wildman–Crippen LogP) is 3.31. The molecule has 0 fully saturated rings. The fourth-order valence-electron chi connectivity index (χ4n) is 1.91. The van der Waals surface area contributed by atoms with Crippen LogP contribution < -0.4 is 15.6 Å². The minimum Gasteiger partial charge on any atom is -0.479 e. The lowest BCUT2D eigenvalue weighted by Crippen LogP contribution is -2.29. The summed E-state index contributed by atoms with van der Waals surface area (Å²) in [7, 11) is 1.25. The highest BCUT2D eigenvalue weighted by molar-refractivity contribution is 5.95. The maximum absolute atomic E-state index is 13.5. The van der Waals surface area contributed by atoms with Crippen molar-refractivity contribution in [1.29, 1.82) is 0 Å². The van der Waals surface area contributed by atoms with Crippen LogP contribution in [0.3, 0.4) is 0 Å². The first kappa shape index (κ1) is 17.5. The molecule has 0 atom stereocenters. The Morgan fingerprint density at radius 1 is 1.25 bits per heavy atom. The van der Waals surface area contributed by atoms with Crippen LogP contribution in [0.1, 0.15) is 21.5 Å². The summed E-state index contributed by atoms with van der Waals surface area (Å²) in [5.74, 6) is -1.79. The van der Waals surface area contributed by atoms with Crippen molar-refractivity contribution in [3.63, 3.8) is 0 Å². The second kappa shape index (κ2) is 6.73. The quantitative estimate of drug-likeness (QED) is 0.660. The first-order valence-electron chi connectivity index (χ1n) is 6.66. The van der Waals surface area contributed by atoms with Crippen LogP contribution in [0.2, 0.25) is 0 Å². The molecule has 0 saturated carbocycles. The van der Waals surface area contributed by atoms with Gasteiger partial charge >= 0.3 is 6.18 Å². The SMILES string of the molecule is COc1ncc(NNC(=O)c2ccc(C)c(C(F)(F)F)c2)cc1F. The average Bonchev–Trinajstić information content (AvgIpc) is 2.52. The van der Waals surface area contributed by atoms with Crippen molar-refractivity contribution in [3.05, 3.63) is 53.0 Å². The summed E-state index contributed by atoms with van der Waals surface area (Å²) in [6.45, 7) is 1.30. The molecular formula is C15H13F4N3O2. The zero-order chi connectivity index (χ0) is 17.9. The lowest BCUT2D eigenvalue weighted by Gasteiger charge is -2.13. The van der Waals surface area contributed by atoms with Gasteiger partial charge in [-0.2, -0.15) is 13.2 Å². The van der Waals surface area contributed by atoms with Crippen LogP contribution in [-0.2, 0) is 6.18 Å². The maximum Gasteiger partial charge on any atom is 0.416 e. The highest BCUT2D eigenvalue weighted by atomic mass is 19.4. The van der Waals surface area contributed by atoms with Crippen molar-refractivity contribution >= 4 is 11.6 Å². The minimum atomic E-state index is -4.56. The van der Waals surface area contributed by atoms with Crippen molar-refractivity contribution in [3.8, 4) is 5.88 Å². The Bertz CT molecular complexity index is 763. The number of pyridine rings is 1. The van der Waals surface area contributed by atoms with Crippen LogP contribution in [-0.4, -0.2) is 18.0 Å². The Morgan fingerprint density at radius 3 is 2.54 bits per heavy atom. The number of hydrazine groups is 1. The number of hydrogen-bond donors (Lipinski definition) is 2. The molecule has 0 radical (unpaired) electrons. The van der Waals surface area contributed by atoms with Gasteiger partial charge in [0.1, 0.15) is 0 Å². The predicted molar refractivity (Wildman–Crippen MR) is 78.0 cm³/mol. The van der Waals surface area contributed by atoms with Crippen LogP contribution in [0.25, 0.3) is 0 Å². The van der Waals surface area contributed by atoms with E-state index in [2.05, 4.69) is 20.6 Å². The molecule has 2 aromatic rings. The molecule has 128 valence electrons. The molecule has 0 unspecified atom stereocenters. The van der Waals surface area contributed by atoms with Crippen LogP contribution >= 0.6 is 0 Å². The van der Waals surface area contributed by atoms with Gasteiger partial charge in [0.15, 0.2) is 5.82 Å². The van der Waals surface area contributed by atoms with E-state index in [4.69, 9.17) is 0 Å². The molecule has 0 saturated heterocycles. The lowest BCUT2D eigenvalue weighted by atomic mass is 10.0. The van der Waals surface area contributed by atoms with Gasteiger partial charge in [-0.15, -0.1) is 0 Å². The zero-order valence-corrected chi connectivity index (χ0v) is 12.7. The van der Waals surface area contributed by atoms with Crippen molar-refractivity contribution in [2.24, 2.45) is 0 Å². The summed E-state index contributed by atoms with van der Waals surface area (Å²) in [5, 5.41) is 0. The molecule has 0 aliphatic carbocycles. The molecule has 2 N–H and O–H groups in total. The molecule has 0 aliphatic rings. The first-order chi connectivity index (χ1) is 11.2. The summed E-state index contributed by atoms with van der Waals surface area (Å²) in [6, 6.07) is 4.22. The van der Waals surface area contributed by atoms with Crippen molar-refractivity contribution in [1.82, 2.24) is 10.4 Å². The molecule has 1 heterocycles. The van der Waals surface area contributed by atoms with E-state index in [1.165, 1.54) is 32.4 Å². The van der Waals surface area contributed by atoms with Crippen molar-refractivity contribution < 1.29 is 27.1 Å². The largest absolute Gasteiger partial charge is 0.479 e. The molecule has 24 heavy (non-hydrogen) atoms. The fourth-order valence-corrected chi connectivity index (χ4v) is 1.91. The van der Waals surface area contributed by atoms with E-state index in [0.717, 1.165) is 12.1 Å². The Hall–Kier alpha value is -2.84. The number of carbonyl (C=O) groups excluding carboxylic acids is 1. The number of aryl methyl sites for hydroxylation is 1. The van der Waals surface area contributed by atoms with Crippen LogP contribution in [0.4, 0.5) is 23.2 Å². The number of methoxy groups -OCH3 is 1. The standard InChI is InChI=1S/C15H13F4N3O2/c1-8-3-4-9(5-11(8)15(17,18)19)13(23)22-21-10-6-12(16)14(24-2)20-7-10/h3-7,21H,1-2H3,(H,22,23). The van der Waals surface area contributed by atoms with Gasteiger partial charge in [-0.3, -0.25) is 15.6 Å². The number of anilines is 1. The molecule has 9 heteroatoms. The van der Waals surface area contributed by atoms with Crippen LogP contribution in [0.15, 0.2) is 30.5 Å². The van der Waals surface area contributed by atoms with Gasteiger partial charge in [0.05, 0.1) is 24.6 Å². The summed E-state index contributed by atoms with van der Waals surface area (Å²) in [5.41, 5.74) is 3.56. The molecule has 2 rings (SSSR count). The third-order valence-electron chi connectivity index (χ3n) is 3.13. The van der Waals surface area contributed by atoms with E-state index in [1.807, 2.05) is 0 Å². The van der Waals surface area contributed by atoms with E-state index >= 15 is 0 Å². The third-order valence-corrected chi connectivity index (χ3v) is 3.13. The Kier molecular flexibility index (Phi) is 4.91. The molecule has 1 amide bonds. The van der Waals surface area contributed by atoms with Gasteiger partial charge in [0, 0.05) is 11.6 Å². The molecule has 5 nitrogen and oxygen atoms in total. The van der Waals surface area contributed by atoms with Gasteiger partial charge in [-0.1, -0.05) is 6.07 Å². The van der Waals surface area contributed by atoms with E-state index in [-0.39, 0.29) is 22.7 Å². The van der Waals surface area contributed by atoms with Crippen molar-refractivity contribution in [2.75, 3.05) is 12.5 Å². The molecule has 1 aromatic heterocycles. The van der Waals surface area contributed by atoms with Gasteiger partial charge in [0.25, 0.3) is 5.91 Å². The van der Waals surface area contributed by atoms with E-state index in [9.17, 15) is 22.4 Å². The van der Waals surface area contributed by atoms with Gasteiger partial charge in [-0.25, -0.2) is 9.37 Å². The summed E-state index contributed by atoms with van der Waals surface area (Å²) in [4.78, 5) is 15.6. The van der Waals surface area contributed by atoms with E-state index < -0.39 is 23.5 Å². The summed E-state index contributed by atoms with van der Waals surface area (Å²) < 4.78 is 56.7. The van der Waals surface area contributed by atoms with Crippen LogP contribution in [0, 0.1) is 12.7 Å². The topological polar surface area (TPSA) is 63.2 Å². The highest BCUT2D eigenvalue weighted by Crippen LogP contribution is 2.32. The molecule has 0 aliphatic heterocycles. The zero-order valence-electron chi connectivity index (χ0n) is 12.7. The average molecular weight is 343 g/mol. The molecule has 1 aromatic carbocycles. The number of ether oxygens (including phenoxy) is 1. The fraction of sp³-hybridized carbons (Fsp3) is 0.200. The Labute approximate surface area is 134 Å². The second-order valence-electron chi connectivity index (χ2n) is 4.82.